The molecule has 0 heterocycles. The van der Waals surface area contributed by atoms with Crippen LogP contribution in [0.5, 0.6) is 0 Å². The number of rotatable bonds is 1. The first-order valence-electron chi connectivity index (χ1n) is 3.55. The van der Waals surface area contributed by atoms with Crippen molar-refractivity contribution < 1.29 is 9.84 Å². The van der Waals surface area contributed by atoms with E-state index < -0.39 is 0 Å². The molecule has 0 unspecified atom stereocenters. The maximum absolute atomic E-state index is 9.26. The van der Waals surface area contributed by atoms with Gasteiger partial charge in [0.15, 0.2) is 0 Å². The molecule has 0 atom stereocenters. The van der Waals surface area contributed by atoms with E-state index in [2.05, 4.69) is 0 Å². The molecule has 11 heavy (non-hydrogen) atoms. The molecule has 1 N–H and O–H groups in total. The molecule has 0 aromatic heterocycles. The number of aliphatic hydroxyl groups excluding tert-OH is 1. The summed E-state index contributed by atoms with van der Waals surface area (Å²) in [6.45, 7) is 1.87. The van der Waals surface area contributed by atoms with E-state index in [0.717, 1.165) is 17.8 Å². The Balaban J connectivity index is 2.84. The zero-order valence-corrected chi connectivity index (χ0v) is 6.79. The Morgan fingerprint density at radius 3 is 2.82 bits per heavy atom. The van der Waals surface area contributed by atoms with E-state index in [1.165, 1.54) is 0 Å². The second-order valence-corrected chi connectivity index (χ2v) is 2.48. The summed E-state index contributed by atoms with van der Waals surface area (Å²) in [5.74, 6) is 1.19. The highest BCUT2D eigenvalue weighted by molar-refractivity contribution is 5.31. The van der Waals surface area contributed by atoms with Gasteiger partial charge in [-0.2, -0.15) is 0 Å². The van der Waals surface area contributed by atoms with Crippen LogP contribution in [0, 0.1) is 0 Å². The molecule has 0 bridgehead atoms. The van der Waals surface area contributed by atoms with E-state index in [-0.39, 0.29) is 0 Å². The minimum atomic E-state index is 0.317. The van der Waals surface area contributed by atoms with Crippen LogP contribution in [0.15, 0.2) is 35.3 Å². The van der Waals surface area contributed by atoms with Gasteiger partial charge in [-0.25, -0.2) is 0 Å². The maximum Gasteiger partial charge on any atom is 0.118 e. The summed E-state index contributed by atoms with van der Waals surface area (Å²) in [5, 5.41) is 9.26. The second-order valence-electron chi connectivity index (χ2n) is 2.48. The molecule has 0 saturated heterocycles. The zero-order valence-electron chi connectivity index (χ0n) is 6.79. The Hall–Kier alpha value is -1.18. The van der Waals surface area contributed by atoms with Gasteiger partial charge in [-0.15, -0.1) is 0 Å². The molecule has 0 spiro atoms. The van der Waals surface area contributed by atoms with Crippen LogP contribution < -0.4 is 0 Å². The molecule has 2 nitrogen and oxygen atoms in total. The van der Waals surface area contributed by atoms with Gasteiger partial charge in [0.2, 0.25) is 0 Å². The summed E-state index contributed by atoms with van der Waals surface area (Å²) < 4.78 is 5.03. The van der Waals surface area contributed by atoms with Gasteiger partial charge in [0.25, 0.3) is 0 Å². The number of aliphatic hydroxyl groups is 1. The van der Waals surface area contributed by atoms with Crippen molar-refractivity contribution in [1.29, 1.82) is 0 Å². The highest BCUT2D eigenvalue weighted by atomic mass is 16.5. The van der Waals surface area contributed by atoms with Crippen LogP contribution in [0.3, 0.4) is 0 Å². The van der Waals surface area contributed by atoms with Gasteiger partial charge < -0.3 is 9.84 Å². The van der Waals surface area contributed by atoms with Gasteiger partial charge in [-0.05, 0) is 24.6 Å². The summed E-state index contributed by atoms with van der Waals surface area (Å²) in [7, 11) is 1.63. The van der Waals surface area contributed by atoms with Gasteiger partial charge in [0.1, 0.15) is 5.76 Å². The highest BCUT2D eigenvalue weighted by Crippen LogP contribution is 2.15. The van der Waals surface area contributed by atoms with Gasteiger partial charge in [-0.1, -0.05) is 6.08 Å². The first-order chi connectivity index (χ1) is 5.24. The van der Waals surface area contributed by atoms with Gasteiger partial charge >= 0.3 is 0 Å². The first kappa shape index (κ1) is 7.92. The largest absolute Gasteiger partial charge is 0.508 e. The SMILES string of the molecule is COC1=CC=C(O)C(C)=CC1. The van der Waals surface area contributed by atoms with E-state index in [1.807, 2.05) is 13.0 Å². The van der Waals surface area contributed by atoms with Crippen LogP contribution in [-0.4, -0.2) is 12.2 Å². The van der Waals surface area contributed by atoms with Gasteiger partial charge in [-0.3, -0.25) is 0 Å². The molecule has 1 aliphatic rings. The minimum absolute atomic E-state index is 0.317. The molecule has 1 aliphatic carbocycles. The fourth-order valence-corrected chi connectivity index (χ4v) is 0.881. The maximum atomic E-state index is 9.26. The minimum Gasteiger partial charge on any atom is -0.508 e. The van der Waals surface area contributed by atoms with Crippen LogP contribution >= 0.6 is 0 Å². The summed E-state index contributed by atoms with van der Waals surface area (Å²) in [6, 6.07) is 0. The molecule has 0 saturated carbocycles. The topological polar surface area (TPSA) is 29.5 Å². The third kappa shape index (κ3) is 1.87. The zero-order chi connectivity index (χ0) is 8.27. The summed E-state index contributed by atoms with van der Waals surface area (Å²) in [6.07, 6.45) is 6.12. The lowest BCUT2D eigenvalue weighted by Gasteiger charge is -1.98. The first-order valence-corrected chi connectivity index (χ1v) is 3.55. The van der Waals surface area contributed by atoms with Crippen LogP contribution in [0.2, 0.25) is 0 Å². The van der Waals surface area contributed by atoms with E-state index >= 15 is 0 Å². The van der Waals surface area contributed by atoms with Crippen molar-refractivity contribution in [2.24, 2.45) is 0 Å². The molecule has 0 amide bonds. The molecular weight excluding hydrogens is 140 g/mol. The molecule has 2 heteroatoms. The van der Waals surface area contributed by atoms with Crippen molar-refractivity contribution in [1.82, 2.24) is 0 Å². The van der Waals surface area contributed by atoms with Crippen LogP contribution in [-0.2, 0) is 4.74 Å². The molecular formula is C9H12O2. The highest BCUT2D eigenvalue weighted by Gasteiger charge is 2.01. The van der Waals surface area contributed by atoms with Gasteiger partial charge in [0, 0.05) is 6.42 Å². The Kier molecular flexibility index (Phi) is 2.36. The van der Waals surface area contributed by atoms with Crippen LogP contribution in [0.1, 0.15) is 13.3 Å². The van der Waals surface area contributed by atoms with Gasteiger partial charge in [0.05, 0.1) is 12.9 Å². The third-order valence-corrected chi connectivity index (χ3v) is 1.70. The lowest BCUT2D eigenvalue weighted by molar-refractivity contribution is 0.285. The van der Waals surface area contributed by atoms with E-state index in [9.17, 15) is 5.11 Å². The molecule has 0 aromatic rings. The number of ether oxygens (including phenoxy) is 1. The number of hydrogen-bond donors (Lipinski definition) is 1. The van der Waals surface area contributed by atoms with E-state index in [1.54, 1.807) is 19.3 Å². The molecule has 0 radical (unpaired) electrons. The van der Waals surface area contributed by atoms with Crippen LogP contribution in [0.4, 0.5) is 0 Å². The summed E-state index contributed by atoms with van der Waals surface area (Å²) in [4.78, 5) is 0. The Morgan fingerprint density at radius 2 is 2.18 bits per heavy atom. The van der Waals surface area contributed by atoms with E-state index in [0.29, 0.717) is 5.76 Å². The van der Waals surface area contributed by atoms with Crippen LogP contribution in [0.25, 0.3) is 0 Å². The Morgan fingerprint density at radius 1 is 1.45 bits per heavy atom. The van der Waals surface area contributed by atoms with Crippen molar-refractivity contribution in [3.05, 3.63) is 35.3 Å². The molecule has 0 aromatic carbocycles. The van der Waals surface area contributed by atoms with E-state index in [4.69, 9.17) is 4.74 Å². The number of methoxy groups -OCH3 is 1. The smallest absolute Gasteiger partial charge is 0.118 e. The normalized spacial score (nSPS) is 17.8. The molecule has 0 fully saturated rings. The Labute approximate surface area is 66.5 Å². The average molecular weight is 152 g/mol. The van der Waals surface area contributed by atoms with Crippen molar-refractivity contribution in [3.63, 3.8) is 0 Å². The molecule has 1 rings (SSSR count). The second kappa shape index (κ2) is 3.28. The average Bonchev–Trinajstić information content (AvgIpc) is 2.16. The lowest BCUT2D eigenvalue weighted by atomic mass is 10.2. The fraction of sp³-hybridized carbons (Fsp3) is 0.333. The predicted octanol–water partition coefficient (Wildman–Crippen LogP) is 2.31. The van der Waals surface area contributed by atoms with Crippen molar-refractivity contribution in [2.45, 2.75) is 13.3 Å². The van der Waals surface area contributed by atoms with Crippen molar-refractivity contribution in [2.75, 3.05) is 7.11 Å². The third-order valence-electron chi connectivity index (χ3n) is 1.70. The monoisotopic (exact) mass is 152 g/mol. The Bertz CT molecular complexity index is 234. The van der Waals surface area contributed by atoms with Crippen molar-refractivity contribution in [3.8, 4) is 0 Å². The van der Waals surface area contributed by atoms with Crippen molar-refractivity contribution >= 4 is 0 Å². The molecule has 0 aliphatic heterocycles. The molecule has 60 valence electrons. The number of hydrogen-bond acceptors (Lipinski definition) is 2. The number of allylic oxidation sites excluding steroid dienone is 4. The predicted molar refractivity (Wildman–Crippen MR) is 44.2 cm³/mol. The summed E-state index contributed by atoms with van der Waals surface area (Å²) in [5.41, 5.74) is 0.897. The standard InChI is InChI=1S/C9H12O2/c1-7-3-4-8(11-2)5-6-9(7)10/h3,5-6,10H,4H2,1-2H3. The summed E-state index contributed by atoms with van der Waals surface area (Å²) >= 11 is 0. The lowest BCUT2D eigenvalue weighted by Crippen LogP contribution is -1.82. The quantitative estimate of drug-likeness (QED) is 0.624. The fourth-order valence-electron chi connectivity index (χ4n) is 0.881.